The van der Waals surface area contributed by atoms with Gasteiger partial charge in [-0.1, -0.05) is 27.5 Å². The molecule has 1 aromatic rings. The Balaban J connectivity index is 1.66. The molecule has 1 N–H and O–H groups in total. The molecule has 0 radical (unpaired) electrons. The van der Waals surface area contributed by atoms with E-state index in [4.69, 9.17) is 11.6 Å². The van der Waals surface area contributed by atoms with Crippen molar-refractivity contribution in [3.63, 3.8) is 0 Å². The van der Waals surface area contributed by atoms with Crippen LogP contribution in [0.2, 0.25) is 5.02 Å². The zero-order valence-corrected chi connectivity index (χ0v) is 12.7. The van der Waals surface area contributed by atoms with Gasteiger partial charge in [-0.15, -0.1) is 0 Å². The largest absolute Gasteiger partial charge is 0.381 e. The summed E-state index contributed by atoms with van der Waals surface area (Å²) in [5.41, 5.74) is 1.07. The summed E-state index contributed by atoms with van der Waals surface area (Å²) in [5.74, 6) is 0. The van der Waals surface area contributed by atoms with Gasteiger partial charge in [0.2, 0.25) is 0 Å². The van der Waals surface area contributed by atoms with Crippen molar-refractivity contribution in [1.82, 2.24) is 4.90 Å². The zero-order chi connectivity index (χ0) is 12.5. The minimum absolute atomic E-state index is 0.572. The number of fused-ring (bicyclic) bond motifs is 1. The SMILES string of the molecule is Clc1cc(Br)ccc1NC1CCN2CCCC2C1. The Labute approximate surface area is 122 Å². The molecule has 2 nitrogen and oxygen atoms in total. The van der Waals surface area contributed by atoms with Crippen LogP contribution in [0, 0.1) is 0 Å². The highest BCUT2D eigenvalue weighted by atomic mass is 79.9. The molecule has 4 heteroatoms. The molecule has 0 bridgehead atoms. The summed E-state index contributed by atoms with van der Waals surface area (Å²) in [6.45, 7) is 2.53. The monoisotopic (exact) mass is 328 g/mol. The number of halogens is 2. The van der Waals surface area contributed by atoms with Crippen molar-refractivity contribution in [1.29, 1.82) is 0 Å². The molecule has 1 aromatic carbocycles. The molecule has 0 aromatic heterocycles. The number of hydrogen-bond acceptors (Lipinski definition) is 2. The molecule has 2 atom stereocenters. The van der Waals surface area contributed by atoms with Crippen LogP contribution < -0.4 is 5.32 Å². The Hall–Kier alpha value is -0.250. The first-order chi connectivity index (χ1) is 8.72. The number of piperidine rings is 1. The van der Waals surface area contributed by atoms with Gasteiger partial charge in [-0.05, 0) is 50.4 Å². The van der Waals surface area contributed by atoms with Crippen molar-refractivity contribution in [3.8, 4) is 0 Å². The lowest BCUT2D eigenvalue weighted by atomic mass is 9.97. The molecule has 2 saturated heterocycles. The van der Waals surface area contributed by atoms with Gasteiger partial charge in [0.05, 0.1) is 10.7 Å². The van der Waals surface area contributed by atoms with Crippen molar-refractivity contribution in [2.75, 3.05) is 18.4 Å². The first-order valence-corrected chi connectivity index (χ1v) is 7.85. The Morgan fingerprint density at radius 1 is 1.28 bits per heavy atom. The number of nitrogens with one attached hydrogen (secondary N) is 1. The van der Waals surface area contributed by atoms with Crippen LogP contribution in [0.5, 0.6) is 0 Å². The first-order valence-electron chi connectivity index (χ1n) is 6.68. The molecule has 0 spiro atoms. The third-order valence-corrected chi connectivity index (χ3v) is 4.92. The van der Waals surface area contributed by atoms with E-state index in [0.29, 0.717) is 6.04 Å². The molecule has 2 unspecified atom stereocenters. The van der Waals surface area contributed by atoms with E-state index in [0.717, 1.165) is 21.2 Å². The molecule has 0 saturated carbocycles. The predicted molar refractivity (Wildman–Crippen MR) is 80.4 cm³/mol. The summed E-state index contributed by atoms with van der Waals surface area (Å²) in [5, 5.41) is 4.41. The van der Waals surface area contributed by atoms with Crippen molar-refractivity contribution in [3.05, 3.63) is 27.7 Å². The van der Waals surface area contributed by atoms with Gasteiger partial charge < -0.3 is 10.2 Å². The summed E-state index contributed by atoms with van der Waals surface area (Å²) in [7, 11) is 0. The van der Waals surface area contributed by atoms with Crippen LogP contribution in [0.3, 0.4) is 0 Å². The van der Waals surface area contributed by atoms with Crippen LogP contribution in [0.15, 0.2) is 22.7 Å². The van der Waals surface area contributed by atoms with E-state index in [2.05, 4.69) is 32.2 Å². The molecular weight excluding hydrogens is 312 g/mol. The summed E-state index contributed by atoms with van der Waals surface area (Å²) >= 11 is 9.70. The number of nitrogens with zero attached hydrogens (tertiary/aromatic N) is 1. The molecule has 0 aliphatic carbocycles. The van der Waals surface area contributed by atoms with Crippen LogP contribution >= 0.6 is 27.5 Å². The Morgan fingerprint density at radius 2 is 2.17 bits per heavy atom. The van der Waals surface area contributed by atoms with E-state index in [-0.39, 0.29) is 0 Å². The van der Waals surface area contributed by atoms with Gasteiger partial charge in [-0.2, -0.15) is 0 Å². The maximum atomic E-state index is 6.26. The van der Waals surface area contributed by atoms with E-state index in [9.17, 15) is 0 Å². The maximum absolute atomic E-state index is 6.26. The van der Waals surface area contributed by atoms with E-state index < -0.39 is 0 Å². The zero-order valence-electron chi connectivity index (χ0n) is 10.3. The second-order valence-corrected chi connectivity index (χ2v) is 6.64. The third-order valence-electron chi connectivity index (χ3n) is 4.11. The Bertz CT molecular complexity index is 438. The number of benzene rings is 1. The highest BCUT2D eigenvalue weighted by Gasteiger charge is 2.31. The quantitative estimate of drug-likeness (QED) is 0.877. The molecule has 18 heavy (non-hydrogen) atoms. The molecule has 2 heterocycles. The normalized spacial score (nSPS) is 28.1. The fourth-order valence-electron chi connectivity index (χ4n) is 3.18. The second-order valence-electron chi connectivity index (χ2n) is 5.32. The fraction of sp³-hybridized carbons (Fsp3) is 0.571. The molecular formula is C14H18BrClN2. The van der Waals surface area contributed by atoms with Gasteiger partial charge in [0.1, 0.15) is 0 Å². The lowest BCUT2D eigenvalue weighted by molar-refractivity contribution is 0.188. The summed E-state index contributed by atoms with van der Waals surface area (Å²) < 4.78 is 1.03. The van der Waals surface area contributed by atoms with Crippen LogP contribution in [-0.4, -0.2) is 30.1 Å². The van der Waals surface area contributed by atoms with E-state index in [1.54, 1.807) is 0 Å². The van der Waals surface area contributed by atoms with Crippen LogP contribution in [-0.2, 0) is 0 Å². The van der Waals surface area contributed by atoms with Gasteiger partial charge in [0, 0.05) is 23.1 Å². The van der Waals surface area contributed by atoms with Crippen molar-refractivity contribution < 1.29 is 0 Å². The van der Waals surface area contributed by atoms with E-state index >= 15 is 0 Å². The summed E-state index contributed by atoms with van der Waals surface area (Å²) in [6.07, 6.45) is 5.22. The van der Waals surface area contributed by atoms with E-state index in [1.807, 2.05) is 12.1 Å². The van der Waals surface area contributed by atoms with Crippen LogP contribution in [0.1, 0.15) is 25.7 Å². The van der Waals surface area contributed by atoms with Gasteiger partial charge in [-0.3, -0.25) is 0 Å². The molecule has 98 valence electrons. The topological polar surface area (TPSA) is 15.3 Å². The lowest BCUT2D eigenvalue weighted by Crippen LogP contribution is -2.42. The van der Waals surface area contributed by atoms with Crippen molar-refractivity contribution >= 4 is 33.2 Å². The van der Waals surface area contributed by atoms with Crippen LogP contribution in [0.25, 0.3) is 0 Å². The predicted octanol–water partition coefficient (Wildman–Crippen LogP) is 4.14. The van der Waals surface area contributed by atoms with Gasteiger partial charge in [0.25, 0.3) is 0 Å². The molecule has 3 rings (SSSR count). The van der Waals surface area contributed by atoms with Crippen LogP contribution in [0.4, 0.5) is 5.69 Å². The Kier molecular flexibility index (Phi) is 3.83. The van der Waals surface area contributed by atoms with Crippen molar-refractivity contribution in [2.45, 2.75) is 37.8 Å². The molecule has 2 fully saturated rings. The van der Waals surface area contributed by atoms with Gasteiger partial charge in [-0.25, -0.2) is 0 Å². The Morgan fingerprint density at radius 3 is 3.00 bits per heavy atom. The summed E-state index contributed by atoms with van der Waals surface area (Å²) in [6, 6.07) is 7.43. The molecule has 2 aliphatic rings. The summed E-state index contributed by atoms with van der Waals surface area (Å²) in [4.78, 5) is 2.64. The minimum Gasteiger partial charge on any atom is -0.381 e. The van der Waals surface area contributed by atoms with Gasteiger partial charge >= 0.3 is 0 Å². The smallest absolute Gasteiger partial charge is 0.0648 e. The highest BCUT2D eigenvalue weighted by molar-refractivity contribution is 9.10. The average Bonchev–Trinajstić information content (AvgIpc) is 2.80. The number of hydrogen-bond donors (Lipinski definition) is 1. The number of rotatable bonds is 2. The lowest BCUT2D eigenvalue weighted by Gasteiger charge is -2.35. The average molecular weight is 330 g/mol. The van der Waals surface area contributed by atoms with Gasteiger partial charge in [0.15, 0.2) is 0 Å². The second kappa shape index (κ2) is 5.40. The van der Waals surface area contributed by atoms with E-state index in [1.165, 1.54) is 38.8 Å². The molecule has 0 amide bonds. The standard InChI is InChI=1S/C14H18BrClN2/c15-10-3-4-14(13(16)8-10)17-11-5-7-18-6-1-2-12(18)9-11/h3-4,8,11-12,17H,1-2,5-7,9H2. The minimum atomic E-state index is 0.572. The van der Waals surface area contributed by atoms with Crippen molar-refractivity contribution in [2.24, 2.45) is 0 Å². The fourth-order valence-corrected chi connectivity index (χ4v) is 3.91. The maximum Gasteiger partial charge on any atom is 0.0648 e. The highest BCUT2D eigenvalue weighted by Crippen LogP contribution is 2.31. The number of anilines is 1. The first kappa shape index (κ1) is 12.8. The molecule has 2 aliphatic heterocycles. The third kappa shape index (κ3) is 2.68.